The first kappa shape index (κ1) is 20.7. The summed E-state index contributed by atoms with van der Waals surface area (Å²) in [6, 6.07) is 15.6. The van der Waals surface area contributed by atoms with Crippen molar-refractivity contribution in [3.8, 4) is 5.69 Å². The SMILES string of the molecule is CCn1c(=O)c2c(Nc3ccc(Cl)cc3)cc(=O)n(C)c2n(-c2ccccc2C)c1=O. The summed E-state index contributed by atoms with van der Waals surface area (Å²) >= 11 is 5.97. The van der Waals surface area contributed by atoms with Gasteiger partial charge in [-0.2, -0.15) is 0 Å². The zero-order chi connectivity index (χ0) is 22.3. The van der Waals surface area contributed by atoms with Crippen LogP contribution in [-0.4, -0.2) is 13.7 Å². The number of pyridine rings is 1. The van der Waals surface area contributed by atoms with Crippen LogP contribution in [0.4, 0.5) is 11.4 Å². The fourth-order valence-corrected chi connectivity index (χ4v) is 3.81. The van der Waals surface area contributed by atoms with Gasteiger partial charge in [-0.1, -0.05) is 29.8 Å². The largest absolute Gasteiger partial charge is 0.355 e. The van der Waals surface area contributed by atoms with Crippen LogP contribution >= 0.6 is 11.6 Å². The molecule has 4 rings (SSSR count). The van der Waals surface area contributed by atoms with Gasteiger partial charge in [0.2, 0.25) is 0 Å². The predicted molar refractivity (Wildman–Crippen MR) is 124 cm³/mol. The van der Waals surface area contributed by atoms with E-state index in [2.05, 4.69) is 5.32 Å². The summed E-state index contributed by atoms with van der Waals surface area (Å²) in [6.07, 6.45) is 0. The molecule has 2 aromatic carbocycles. The third-order valence-corrected chi connectivity index (χ3v) is 5.55. The maximum absolute atomic E-state index is 13.4. The van der Waals surface area contributed by atoms with Crippen LogP contribution in [-0.2, 0) is 13.6 Å². The molecule has 0 bridgehead atoms. The minimum absolute atomic E-state index is 0.197. The third kappa shape index (κ3) is 3.47. The van der Waals surface area contributed by atoms with Gasteiger partial charge in [0.15, 0.2) is 0 Å². The van der Waals surface area contributed by atoms with E-state index in [9.17, 15) is 14.4 Å². The van der Waals surface area contributed by atoms with Crippen molar-refractivity contribution >= 4 is 34.0 Å². The van der Waals surface area contributed by atoms with Crippen molar-refractivity contribution in [2.75, 3.05) is 5.32 Å². The summed E-state index contributed by atoms with van der Waals surface area (Å²) < 4.78 is 3.94. The minimum atomic E-state index is -0.493. The molecule has 0 aliphatic heterocycles. The molecular weight excluding hydrogens is 416 g/mol. The Morgan fingerprint density at radius 1 is 1.00 bits per heavy atom. The zero-order valence-electron chi connectivity index (χ0n) is 17.3. The second kappa shape index (κ2) is 7.92. The van der Waals surface area contributed by atoms with E-state index in [4.69, 9.17) is 11.6 Å². The second-order valence-electron chi connectivity index (χ2n) is 7.24. The summed E-state index contributed by atoms with van der Waals surface area (Å²) in [5, 5.41) is 3.97. The molecule has 0 atom stereocenters. The average Bonchev–Trinajstić information content (AvgIpc) is 2.74. The van der Waals surface area contributed by atoms with Crippen molar-refractivity contribution < 1.29 is 0 Å². The van der Waals surface area contributed by atoms with Crippen LogP contribution < -0.4 is 22.1 Å². The van der Waals surface area contributed by atoms with Gasteiger partial charge < -0.3 is 5.32 Å². The van der Waals surface area contributed by atoms with Gasteiger partial charge in [-0.15, -0.1) is 0 Å². The molecule has 158 valence electrons. The standard InChI is InChI=1S/C23H21ClN4O3/c1-4-27-22(30)20-17(25-16-11-9-15(24)10-12-16)13-19(29)26(3)21(20)28(23(27)31)18-8-6-5-7-14(18)2/h5-13,25H,4H2,1-3H3. The maximum atomic E-state index is 13.4. The maximum Gasteiger partial charge on any atom is 0.337 e. The van der Waals surface area contributed by atoms with Gasteiger partial charge >= 0.3 is 5.69 Å². The number of rotatable bonds is 4. The molecule has 0 unspecified atom stereocenters. The molecule has 4 aromatic rings. The van der Waals surface area contributed by atoms with Gasteiger partial charge in [0, 0.05) is 30.4 Å². The lowest BCUT2D eigenvalue weighted by atomic mass is 10.2. The van der Waals surface area contributed by atoms with Gasteiger partial charge in [-0.05, 0) is 49.7 Å². The van der Waals surface area contributed by atoms with E-state index in [1.165, 1.54) is 19.8 Å². The number of hydrogen-bond donors (Lipinski definition) is 1. The average molecular weight is 437 g/mol. The highest BCUT2D eigenvalue weighted by molar-refractivity contribution is 6.30. The fourth-order valence-electron chi connectivity index (χ4n) is 3.69. The zero-order valence-corrected chi connectivity index (χ0v) is 18.1. The number of aromatic nitrogens is 3. The number of halogens is 1. The third-order valence-electron chi connectivity index (χ3n) is 5.30. The molecular formula is C23H21ClN4O3. The lowest BCUT2D eigenvalue weighted by Gasteiger charge is -2.19. The van der Waals surface area contributed by atoms with E-state index in [0.717, 1.165) is 5.56 Å². The number of aryl methyl sites for hydroxylation is 2. The van der Waals surface area contributed by atoms with Gasteiger partial charge in [-0.25, -0.2) is 9.36 Å². The van der Waals surface area contributed by atoms with Crippen molar-refractivity contribution in [2.24, 2.45) is 7.05 Å². The molecule has 0 fully saturated rings. The van der Waals surface area contributed by atoms with Crippen molar-refractivity contribution in [1.29, 1.82) is 0 Å². The van der Waals surface area contributed by atoms with Crippen LogP contribution in [0, 0.1) is 6.92 Å². The van der Waals surface area contributed by atoms with Gasteiger partial charge in [-0.3, -0.25) is 18.7 Å². The Kier molecular flexibility index (Phi) is 5.29. The molecule has 2 heterocycles. The van der Waals surface area contributed by atoms with Crippen LogP contribution in [0.15, 0.2) is 69.0 Å². The molecule has 7 nitrogen and oxygen atoms in total. The van der Waals surface area contributed by atoms with Crippen LogP contribution in [0.25, 0.3) is 16.7 Å². The lowest BCUT2D eigenvalue weighted by molar-refractivity contribution is 0.652. The van der Waals surface area contributed by atoms with Gasteiger partial charge in [0.05, 0.1) is 11.4 Å². The topological polar surface area (TPSA) is 78.0 Å². The monoisotopic (exact) mass is 436 g/mol. The normalized spacial score (nSPS) is 11.1. The molecule has 1 N–H and O–H groups in total. The first-order valence-electron chi connectivity index (χ1n) is 9.81. The van der Waals surface area contributed by atoms with Gasteiger partial charge in [0.25, 0.3) is 11.1 Å². The Morgan fingerprint density at radius 2 is 1.68 bits per heavy atom. The van der Waals surface area contributed by atoms with Crippen LogP contribution in [0.3, 0.4) is 0 Å². The highest BCUT2D eigenvalue weighted by atomic mass is 35.5. The summed E-state index contributed by atoms with van der Waals surface area (Å²) in [7, 11) is 1.56. The number of anilines is 2. The molecule has 31 heavy (non-hydrogen) atoms. The first-order valence-corrected chi connectivity index (χ1v) is 10.2. The lowest BCUT2D eigenvalue weighted by Crippen LogP contribution is -2.41. The van der Waals surface area contributed by atoms with Crippen molar-refractivity contribution in [1.82, 2.24) is 13.7 Å². The summed E-state index contributed by atoms with van der Waals surface area (Å²) in [5.41, 5.74) is 1.38. The Bertz CT molecular complexity index is 1480. The van der Waals surface area contributed by atoms with Crippen LogP contribution in [0.1, 0.15) is 12.5 Å². The molecule has 0 saturated carbocycles. The molecule has 0 aliphatic rings. The minimum Gasteiger partial charge on any atom is -0.355 e. The molecule has 0 saturated heterocycles. The molecule has 0 aliphatic carbocycles. The van der Waals surface area contributed by atoms with Crippen molar-refractivity contribution in [3.05, 3.63) is 96.4 Å². The van der Waals surface area contributed by atoms with E-state index >= 15 is 0 Å². The fraction of sp³-hybridized carbons (Fsp3) is 0.174. The smallest absolute Gasteiger partial charge is 0.337 e. The Hall–Kier alpha value is -3.58. The van der Waals surface area contributed by atoms with Crippen LogP contribution in [0.2, 0.25) is 5.02 Å². The van der Waals surface area contributed by atoms with Crippen molar-refractivity contribution in [3.63, 3.8) is 0 Å². The van der Waals surface area contributed by atoms with E-state index in [1.54, 1.807) is 44.3 Å². The molecule has 0 radical (unpaired) electrons. The summed E-state index contributed by atoms with van der Waals surface area (Å²) in [5.74, 6) is 0. The number of nitrogens with zero attached hydrogens (tertiary/aromatic N) is 3. The second-order valence-corrected chi connectivity index (χ2v) is 7.68. The van der Waals surface area contributed by atoms with E-state index in [0.29, 0.717) is 22.1 Å². The van der Waals surface area contributed by atoms with E-state index in [-0.39, 0.29) is 23.1 Å². The van der Waals surface area contributed by atoms with Crippen LogP contribution in [0.5, 0.6) is 0 Å². The summed E-state index contributed by atoms with van der Waals surface area (Å²) in [6.45, 7) is 3.82. The number of hydrogen-bond acceptors (Lipinski definition) is 4. The number of para-hydroxylation sites is 1. The number of benzene rings is 2. The quantitative estimate of drug-likeness (QED) is 0.530. The Labute approximate surface area is 182 Å². The highest BCUT2D eigenvalue weighted by Crippen LogP contribution is 2.25. The highest BCUT2D eigenvalue weighted by Gasteiger charge is 2.21. The van der Waals surface area contributed by atoms with Crippen molar-refractivity contribution in [2.45, 2.75) is 20.4 Å². The molecule has 0 amide bonds. The number of fused-ring (bicyclic) bond motifs is 1. The van der Waals surface area contributed by atoms with E-state index in [1.807, 2.05) is 25.1 Å². The Morgan fingerprint density at radius 3 is 2.32 bits per heavy atom. The first-order chi connectivity index (χ1) is 14.8. The molecule has 2 aromatic heterocycles. The van der Waals surface area contributed by atoms with E-state index < -0.39 is 11.2 Å². The number of nitrogens with one attached hydrogen (secondary N) is 1. The summed E-state index contributed by atoms with van der Waals surface area (Å²) in [4.78, 5) is 39.5. The molecule has 0 spiro atoms. The Balaban J connectivity index is 2.17. The predicted octanol–water partition coefficient (Wildman–Crippen LogP) is 3.58. The van der Waals surface area contributed by atoms with Gasteiger partial charge in [0.1, 0.15) is 11.0 Å². The molecule has 8 heteroatoms.